The van der Waals surface area contributed by atoms with Gasteiger partial charge in [0.05, 0.1) is 0 Å². The summed E-state index contributed by atoms with van der Waals surface area (Å²) in [6.07, 6.45) is 15.2. The second kappa shape index (κ2) is 9.22. The van der Waals surface area contributed by atoms with Gasteiger partial charge < -0.3 is 0 Å². The Morgan fingerprint density at radius 1 is 1.00 bits per heavy atom. The maximum atomic E-state index is 3.60. The monoisotopic (exact) mass is 150 g/mol. The highest BCUT2D eigenvalue weighted by molar-refractivity contribution is 4.98. The van der Waals surface area contributed by atoms with Crippen LogP contribution in [0, 0.1) is 0 Å². The van der Waals surface area contributed by atoms with Gasteiger partial charge in [-0.3, -0.25) is 0 Å². The molecule has 0 saturated carbocycles. The predicted octanol–water partition coefficient (Wildman–Crippen LogP) is 3.87. The van der Waals surface area contributed by atoms with Crippen LogP contribution in [0.2, 0.25) is 0 Å². The van der Waals surface area contributed by atoms with E-state index in [2.05, 4.69) is 31.7 Å². The Labute approximate surface area is 70.3 Å². The van der Waals surface area contributed by atoms with Gasteiger partial charge in [-0.25, -0.2) is 0 Å². The van der Waals surface area contributed by atoms with Crippen LogP contribution < -0.4 is 0 Å². The molecule has 0 heterocycles. The molecule has 0 aromatic carbocycles. The highest BCUT2D eigenvalue weighted by Crippen LogP contribution is 1.95. The van der Waals surface area contributed by atoms with E-state index in [-0.39, 0.29) is 0 Å². The molecule has 0 aliphatic rings. The number of unbranched alkanes of at least 4 members (excludes halogenated alkanes) is 2. The smallest absolute Gasteiger partial charge is 0.0313 e. The van der Waals surface area contributed by atoms with Crippen molar-refractivity contribution in [1.82, 2.24) is 0 Å². The molecule has 0 radical (unpaired) electrons. The fourth-order valence-electron chi connectivity index (χ4n) is 0.787. The van der Waals surface area contributed by atoms with E-state index in [1.165, 1.54) is 12.8 Å². The summed E-state index contributed by atoms with van der Waals surface area (Å²) in [5.74, 6) is 0. The Morgan fingerprint density at radius 3 is 2.27 bits per heavy atom. The predicted molar refractivity (Wildman–Crippen MR) is 52.6 cm³/mol. The molecule has 11 heavy (non-hydrogen) atoms. The van der Waals surface area contributed by atoms with Gasteiger partial charge in [-0.05, 0) is 19.3 Å². The Balaban J connectivity index is 3.12. The number of hydrogen-bond donors (Lipinski definition) is 0. The fraction of sp³-hybridized carbons (Fsp3) is 0.455. The van der Waals surface area contributed by atoms with Crippen molar-refractivity contribution in [2.45, 2.75) is 32.6 Å². The zero-order valence-electron chi connectivity index (χ0n) is 7.42. The lowest BCUT2D eigenvalue weighted by Crippen LogP contribution is -1.65. The van der Waals surface area contributed by atoms with Crippen LogP contribution in [0.25, 0.3) is 0 Å². The first-order chi connectivity index (χ1) is 5.41. The zero-order chi connectivity index (χ0) is 8.36. The minimum Gasteiger partial charge on any atom is -0.0991 e. The molecule has 0 fully saturated rings. The third-order valence-corrected chi connectivity index (χ3v) is 1.39. The zero-order valence-corrected chi connectivity index (χ0v) is 7.42. The van der Waals surface area contributed by atoms with Crippen molar-refractivity contribution < 1.29 is 0 Å². The van der Waals surface area contributed by atoms with Crippen LogP contribution >= 0.6 is 0 Å². The van der Waals surface area contributed by atoms with Gasteiger partial charge in [0.1, 0.15) is 0 Å². The lowest BCUT2D eigenvalue weighted by Gasteiger charge is -1.85. The maximum Gasteiger partial charge on any atom is -0.0313 e. The summed E-state index contributed by atoms with van der Waals surface area (Å²) in [5.41, 5.74) is 0. The van der Waals surface area contributed by atoms with Crippen LogP contribution in [-0.2, 0) is 0 Å². The Hall–Kier alpha value is -0.780. The largest absolute Gasteiger partial charge is 0.0991 e. The molecule has 0 N–H and O–H groups in total. The SMILES string of the molecule is C=C/C=C/CC/C=C/CCC. The van der Waals surface area contributed by atoms with Gasteiger partial charge in [0.2, 0.25) is 0 Å². The first-order valence-electron chi connectivity index (χ1n) is 4.34. The number of hydrogen-bond acceptors (Lipinski definition) is 0. The van der Waals surface area contributed by atoms with Gasteiger partial charge in [0.15, 0.2) is 0 Å². The second-order valence-electron chi connectivity index (χ2n) is 2.50. The van der Waals surface area contributed by atoms with Crippen molar-refractivity contribution in [1.29, 1.82) is 0 Å². The Kier molecular flexibility index (Phi) is 8.57. The summed E-state index contributed by atoms with van der Waals surface area (Å²) >= 11 is 0. The summed E-state index contributed by atoms with van der Waals surface area (Å²) in [4.78, 5) is 0. The molecule has 0 rings (SSSR count). The summed E-state index contributed by atoms with van der Waals surface area (Å²) in [6.45, 7) is 5.80. The molecule has 0 heteroatoms. The minimum absolute atomic E-state index is 1.13. The number of allylic oxidation sites excluding steroid dienone is 5. The molecule has 0 spiro atoms. The van der Waals surface area contributed by atoms with Crippen LogP contribution in [0.4, 0.5) is 0 Å². The van der Waals surface area contributed by atoms with E-state index in [9.17, 15) is 0 Å². The Morgan fingerprint density at radius 2 is 1.64 bits per heavy atom. The number of rotatable bonds is 6. The molecule has 0 bridgehead atoms. The van der Waals surface area contributed by atoms with Crippen LogP contribution in [0.15, 0.2) is 37.0 Å². The van der Waals surface area contributed by atoms with E-state index in [1.807, 2.05) is 12.2 Å². The van der Waals surface area contributed by atoms with Crippen LogP contribution in [0.1, 0.15) is 32.6 Å². The summed E-state index contributed by atoms with van der Waals surface area (Å²) in [5, 5.41) is 0. The van der Waals surface area contributed by atoms with Gasteiger partial charge in [0, 0.05) is 0 Å². The molecular formula is C11H18. The van der Waals surface area contributed by atoms with Crippen molar-refractivity contribution >= 4 is 0 Å². The summed E-state index contributed by atoms with van der Waals surface area (Å²) in [6, 6.07) is 0. The summed E-state index contributed by atoms with van der Waals surface area (Å²) in [7, 11) is 0. The van der Waals surface area contributed by atoms with Crippen LogP contribution in [-0.4, -0.2) is 0 Å². The molecule has 0 unspecified atom stereocenters. The maximum absolute atomic E-state index is 3.60. The van der Waals surface area contributed by atoms with Gasteiger partial charge >= 0.3 is 0 Å². The molecule has 0 nitrogen and oxygen atoms in total. The normalized spacial score (nSPS) is 11.4. The average molecular weight is 150 g/mol. The van der Waals surface area contributed by atoms with E-state index >= 15 is 0 Å². The van der Waals surface area contributed by atoms with E-state index < -0.39 is 0 Å². The van der Waals surface area contributed by atoms with Crippen molar-refractivity contribution in [2.75, 3.05) is 0 Å². The molecule has 0 saturated heterocycles. The van der Waals surface area contributed by atoms with E-state index in [4.69, 9.17) is 0 Å². The molecule has 62 valence electrons. The molecule has 0 amide bonds. The quantitative estimate of drug-likeness (QED) is 0.306. The van der Waals surface area contributed by atoms with Crippen LogP contribution in [0.3, 0.4) is 0 Å². The first kappa shape index (κ1) is 10.2. The molecule has 0 aromatic rings. The minimum atomic E-state index is 1.13. The molecule has 0 aliphatic carbocycles. The third kappa shape index (κ3) is 9.22. The Bertz CT molecular complexity index is 129. The lowest BCUT2D eigenvalue weighted by atomic mass is 10.2. The van der Waals surface area contributed by atoms with Gasteiger partial charge in [-0.15, -0.1) is 0 Å². The highest BCUT2D eigenvalue weighted by atomic mass is 13.8. The van der Waals surface area contributed by atoms with E-state index in [1.54, 1.807) is 0 Å². The van der Waals surface area contributed by atoms with Crippen molar-refractivity contribution in [2.24, 2.45) is 0 Å². The first-order valence-corrected chi connectivity index (χ1v) is 4.34. The molecule has 0 aromatic heterocycles. The van der Waals surface area contributed by atoms with Crippen molar-refractivity contribution in [3.05, 3.63) is 37.0 Å². The lowest BCUT2D eigenvalue weighted by molar-refractivity contribution is 0.943. The van der Waals surface area contributed by atoms with Gasteiger partial charge in [0.25, 0.3) is 0 Å². The highest BCUT2D eigenvalue weighted by Gasteiger charge is 1.75. The van der Waals surface area contributed by atoms with Gasteiger partial charge in [-0.1, -0.05) is 50.3 Å². The van der Waals surface area contributed by atoms with Gasteiger partial charge in [-0.2, -0.15) is 0 Å². The van der Waals surface area contributed by atoms with E-state index in [0.29, 0.717) is 0 Å². The second-order valence-corrected chi connectivity index (χ2v) is 2.50. The van der Waals surface area contributed by atoms with E-state index in [0.717, 1.165) is 12.8 Å². The molecular weight excluding hydrogens is 132 g/mol. The fourth-order valence-corrected chi connectivity index (χ4v) is 0.787. The standard InChI is InChI=1S/C11H18/c1-3-5-7-9-11-10-8-6-4-2/h3,5,7-8,10H,1,4,6,9,11H2,2H3/b7-5+,10-8+. The summed E-state index contributed by atoms with van der Waals surface area (Å²) < 4.78 is 0. The van der Waals surface area contributed by atoms with Crippen molar-refractivity contribution in [3.8, 4) is 0 Å². The average Bonchev–Trinajstić information content (AvgIpc) is 2.03. The van der Waals surface area contributed by atoms with Crippen LogP contribution in [0.5, 0.6) is 0 Å². The topological polar surface area (TPSA) is 0 Å². The molecule has 0 aliphatic heterocycles. The molecule has 0 atom stereocenters. The third-order valence-electron chi connectivity index (χ3n) is 1.39. The van der Waals surface area contributed by atoms with Crippen molar-refractivity contribution in [3.63, 3.8) is 0 Å².